The van der Waals surface area contributed by atoms with Gasteiger partial charge in [0.25, 0.3) is 0 Å². The lowest BCUT2D eigenvalue weighted by atomic mass is 9.69. The minimum atomic E-state index is -0.777. The highest BCUT2D eigenvalue weighted by atomic mass is 19.2. The van der Waals surface area contributed by atoms with Gasteiger partial charge in [-0.25, -0.2) is 8.78 Å². The predicted molar refractivity (Wildman–Crippen MR) is 83.0 cm³/mol. The zero-order chi connectivity index (χ0) is 15.5. The van der Waals surface area contributed by atoms with Gasteiger partial charge in [-0.15, -0.1) is 0 Å². The molecule has 3 heteroatoms. The maximum Gasteiger partial charge on any atom is 0.159 e. The summed E-state index contributed by atoms with van der Waals surface area (Å²) in [6.45, 7) is 7.62. The van der Waals surface area contributed by atoms with E-state index in [2.05, 4.69) is 26.1 Å². The Morgan fingerprint density at radius 2 is 1.76 bits per heavy atom. The van der Waals surface area contributed by atoms with Gasteiger partial charge < -0.3 is 5.32 Å². The molecule has 118 valence electrons. The summed E-state index contributed by atoms with van der Waals surface area (Å²) in [6, 6.07) is 4.64. The van der Waals surface area contributed by atoms with Crippen LogP contribution in [0.1, 0.15) is 58.4 Å². The first-order chi connectivity index (χ1) is 9.92. The van der Waals surface area contributed by atoms with Crippen LogP contribution in [0.5, 0.6) is 0 Å². The van der Waals surface area contributed by atoms with Crippen molar-refractivity contribution in [2.24, 2.45) is 11.3 Å². The van der Waals surface area contributed by atoms with Crippen molar-refractivity contribution in [3.05, 3.63) is 35.4 Å². The van der Waals surface area contributed by atoms with E-state index in [4.69, 9.17) is 0 Å². The lowest BCUT2D eigenvalue weighted by Crippen LogP contribution is -2.36. The van der Waals surface area contributed by atoms with Gasteiger partial charge in [-0.2, -0.15) is 0 Å². The standard InChI is InChI=1S/C18H27F2N/c1-4-18(2,3)14-6-8-15(9-7-14)21-12-13-5-10-16(19)17(20)11-13/h5,10-11,14-15,21H,4,6-9,12H2,1-3H3. The fourth-order valence-electron chi connectivity index (χ4n) is 3.28. The zero-order valence-corrected chi connectivity index (χ0v) is 13.4. The first-order valence-corrected chi connectivity index (χ1v) is 8.09. The van der Waals surface area contributed by atoms with Crippen LogP contribution in [0, 0.1) is 23.0 Å². The van der Waals surface area contributed by atoms with E-state index >= 15 is 0 Å². The molecule has 0 atom stereocenters. The molecule has 1 aromatic carbocycles. The summed E-state index contributed by atoms with van der Waals surface area (Å²) in [5.74, 6) is -0.729. The van der Waals surface area contributed by atoms with Crippen LogP contribution in [0.15, 0.2) is 18.2 Å². The van der Waals surface area contributed by atoms with E-state index in [0.717, 1.165) is 11.5 Å². The average molecular weight is 295 g/mol. The van der Waals surface area contributed by atoms with E-state index < -0.39 is 11.6 Å². The summed E-state index contributed by atoms with van der Waals surface area (Å²) >= 11 is 0. The van der Waals surface area contributed by atoms with Crippen molar-refractivity contribution < 1.29 is 8.78 Å². The van der Waals surface area contributed by atoms with E-state index in [1.165, 1.54) is 44.2 Å². The maximum atomic E-state index is 13.2. The topological polar surface area (TPSA) is 12.0 Å². The molecule has 1 aliphatic carbocycles. The Kier molecular flexibility index (Phi) is 5.37. The molecule has 0 heterocycles. The van der Waals surface area contributed by atoms with E-state index in [-0.39, 0.29) is 0 Å². The second kappa shape index (κ2) is 6.87. The number of nitrogens with one attached hydrogen (secondary N) is 1. The van der Waals surface area contributed by atoms with Gasteiger partial charge in [-0.3, -0.25) is 0 Å². The highest BCUT2D eigenvalue weighted by molar-refractivity contribution is 5.17. The van der Waals surface area contributed by atoms with Gasteiger partial charge in [0.05, 0.1) is 0 Å². The largest absolute Gasteiger partial charge is 0.310 e. The van der Waals surface area contributed by atoms with Gasteiger partial charge in [0, 0.05) is 12.6 Å². The van der Waals surface area contributed by atoms with Gasteiger partial charge in [-0.05, 0) is 54.7 Å². The van der Waals surface area contributed by atoms with Crippen LogP contribution >= 0.6 is 0 Å². The molecule has 2 rings (SSSR count). The zero-order valence-electron chi connectivity index (χ0n) is 13.4. The molecule has 0 aliphatic heterocycles. The lowest BCUT2D eigenvalue weighted by molar-refractivity contribution is 0.137. The van der Waals surface area contributed by atoms with Crippen molar-refractivity contribution >= 4 is 0 Å². The van der Waals surface area contributed by atoms with Crippen LogP contribution in [0.4, 0.5) is 8.78 Å². The average Bonchev–Trinajstić information content (AvgIpc) is 2.49. The minimum absolute atomic E-state index is 0.436. The first-order valence-electron chi connectivity index (χ1n) is 8.09. The van der Waals surface area contributed by atoms with Crippen molar-refractivity contribution in [2.45, 2.75) is 65.5 Å². The number of benzene rings is 1. The molecule has 1 saturated carbocycles. The second-order valence-electron chi connectivity index (χ2n) is 7.02. The second-order valence-corrected chi connectivity index (χ2v) is 7.02. The van der Waals surface area contributed by atoms with E-state index in [9.17, 15) is 8.78 Å². The molecular formula is C18H27F2N. The fraction of sp³-hybridized carbons (Fsp3) is 0.667. The summed E-state index contributed by atoms with van der Waals surface area (Å²) in [5, 5.41) is 3.49. The summed E-state index contributed by atoms with van der Waals surface area (Å²) in [4.78, 5) is 0. The van der Waals surface area contributed by atoms with E-state index in [1.807, 2.05) is 0 Å². The number of hydrogen-bond acceptors (Lipinski definition) is 1. The third-order valence-corrected chi connectivity index (χ3v) is 5.32. The van der Waals surface area contributed by atoms with E-state index in [0.29, 0.717) is 18.0 Å². The van der Waals surface area contributed by atoms with Crippen LogP contribution < -0.4 is 5.32 Å². The van der Waals surface area contributed by atoms with Gasteiger partial charge in [0.15, 0.2) is 11.6 Å². The Morgan fingerprint density at radius 1 is 1.10 bits per heavy atom. The highest BCUT2D eigenvalue weighted by Gasteiger charge is 2.31. The molecule has 0 radical (unpaired) electrons. The summed E-state index contributed by atoms with van der Waals surface area (Å²) < 4.78 is 26.0. The first kappa shape index (κ1) is 16.4. The molecule has 1 nitrogen and oxygen atoms in total. The summed E-state index contributed by atoms with van der Waals surface area (Å²) in [5.41, 5.74) is 1.25. The number of halogens is 2. The molecule has 0 bridgehead atoms. The number of rotatable bonds is 5. The maximum absolute atomic E-state index is 13.2. The predicted octanol–water partition coefficient (Wildman–Crippen LogP) is 5.05. The van der Waals surface area contributed by atoms with Crippen molar-refractivity contribution in [3.63, 3.8) is 0 Å². The van der Waals surface area contributed by atoms with Crippen molar-refractivity contribution in [1.82, 2.24) is 5.32 Å². The van der Waals surface area contributed by atoms with Crippen molar-refractivity contribution in [2.75, 3.05) is 0 Å². The Bertz CT molecular complexity index is 462. The van der Waals surface area contributed by atoms with Crippen molar-refractivity contribution in [1.29, 1.82) is 0 Å². The monoisotopic (exact) mass is 295 g/mol. The van der Waals surface area contributed by atoms with Gasteiger partial charge in [-0.1, -0.05) is 33.3 Å². The summed E-state index contributed by atoms with van der Waals surface area (Å²) in [7, 11) is 0. The normalized spacial score (nSPS) is 23.3. The minimum Gasteiger partial charge on any atom is -0.310 e. The van der Waals surface area contributed by atoms with Crippen LogP contribution in [0.2, 0.25) is 0 Å². The van der Waals surface area contributed by atoms with Crippen LogP contribution in [-0.2, 0) is 6.54 Å². The van der Waals surface area contributed by atoms with Crippen LogP contribution in [0.3, 0.4) is 0 Å². The fourth-order valence-corrected chi connectivity index (χ4v) is 3.28. The Balaban J connectivity index is 1.80. The molecule has 0 amide bonds. The molecule has 0 aromatic heterocycles. The van der Waals surface area contributed by atoms with Gasteiger partial charge in [0.1, 0.15) is 0 Å². The van der Waals surface area contributed by atoms with Crippen LogP contribution in [0.25, 0.3) is 0 Å². The molecular weight excluding hydrogens is 268 g/mol. The Morgan fingerprint density at radius 3 is 2.33 bits per heavy atom. The highest BCUT2D eigenvalue weighted by Crippen LogP contribution is 2.40. The van der Waals surface area contributed by atoms with Crippen LogP contribution in [-0.4, -0.2) is 6.04 Å². The molecule has 0 spiro atoms. The Hall–Kier alpha value is -0.960. The summed E-state index contributed by atoms with van der Waals surface area (Å²) in [6.07, 6.45) is 6.10. The molecule has 1 aromatic rings. The third-order valence-electron chi connectivity index (χ3n) is 5.32. The quantitative estimate of drug-likeness (QED) is 0.801. The molecule has 1 aliphatic rings. The molecule has 0 unspecified atom stereocenters. The molecule has 21 heavy (non-hydrogen) atoms. The number of hydrogen-bond donors (Lipinski definition) is 1. The Labute approximate surface area is 127 Å². The lowest BCUT2D eigenvalue weighted by Gasteiger charge is -2.39. The van der Waals surface area contributed by atoms with Gasteiger partial charge in [0.2, 0.25) is 0 Å². The third kappa shape index (κ3) is 4.26. The smallest absolute Gasteiger partial charge is 0.159 e. The molecule has 0 saturated heterocycles. The van der Waals surface area contributed by atoms with Gasteiger partial charge >= 0.3 is 0 Å². The van der Waals surface area contributed by atoms with E-state index in [1.54, 1.807) is 6.07 Å². The molecule has 1 N–H and O–H groups in total. The van der Waals surface area contributed by atoms with Crippen molar-refractivity contribution in [3.8, 4) is 0 Å². The SMILES string of the molecule is CCC(C)(C)C1CCC(NCc2ccc(F)c(F)c2)CC1. The molecule has 1 fully saturated rings.